The molecule has 7 heteroatoms. The first-order valence-corrected chi connectivity index (χ1v) is 11.0. The second kappa shape index (κ2) is 11.6. The third-order valence-corrected chi connectivity index (χ3v) is 4.74. The molecule has 0 aliphatic heterocycles. The minimum Gasteiger partial charge on any atom is -0.444 e. The predicted molar refractivity (Wildman–Crippen MR) is 114 cm³/mol. The zero-order valence-corrected chi connectivity index (χ0v) is 19.3. The van der Waals surface area contributed by atoms with Crippen LogP contribution in [-0.4, -0.2) is 70.6 Å². The molecule has 0 aromatic heterocycles. The quantitative estimate of drug-likeness (QED) is 0.589. The Labute approximate surface area is 176 Å². The molecule has 1 rings (SSSR count). The molecule has 0 aromatic rings. The monoisotopic (exact) mass is 414 g/mol. The Kier molecular flexibility index (Phi) is 10.2. The van der Waals surface area contributed by atoms with Crippen molar-refractivity contribution in [1.29, 1.82) is 0 Å². The van der Waals surface area contributed by atoms with Crippen LogP contribution in [0.15, 0.2) is 0 Å². The van der Waals surface area contributed by atoms with Gasteiger partial charge in [-0.05, 0) is 67.2 Å². The van der Waals surface area contributed by atoms with Crippen molar-refractivity contribution < 1.29 is 24.2 Å². The largest absolute Gasteiger partial charge is 0.444 e. The average molecular weight is 415 g/mol. The molecule has 29 heavy (non-hydrogen) atoms. The van der Waals surface area contributed by atoms with Gasteiger partial charge in [0.2, 0.25) is 0 Å². The fourth-order valence-electron chi connectivity index (χ4n) is 3.40. The molecular weight excluding hydrogens is 372 g/mol. The van der Waals surface area contributed by atoms with E-state index in [1.165, 1.54) is 6.42 Å². The van der Waals surface area contributed by atoms with Gasteiger partial charge in [-0.2, -0.15) is 0 Å². The van der Waals surface area contributed by atoms with Crippen LogP contribution in [0.1, 0.15) is 86.5 Å². The fourth-order valence-corrected chi connectivity index (χ4v) is 3.40. The van der Waals surface area contributed by atoms with Crippen LogP contribution in [0.4, 0.5) is 9.59 Å². The summed E-state index contributed by atoms with van der Waals surface area (Å²) in [5.74, 6) is 0. The van der Waals surface area contributed by atoms with Crippen molar-refractivity contribution in [2.75, 3.05) is 26.2 Å². The molecule has 1 saturated carbocycles. The van der Waals surface area contributed by atoms with E-state index in [0.29, 0.717) is 32.5 Å². The molecule has 1 N–H and O–H groups in total. The number of carbonyl (C=O) groups excluding carboxylic acids is 2. The summed E-state index contributed by atoms with van der Waals surface area (Å²) in [6.07, 6.45) is 5.96. The van der Waals surface area contributed by atoms with Crippen molar-refractivity contribution >= 4 is 12.2 Å². The Balaban J connectivity index is 2.85. The van der Waals surface area contributed by atoms with Crippen molar-refractivity contribution in [3.63, 3.8) is 0 Å². The van der Waals surface area contributed by atoms with Gasteiger partial charge in [0.1, 0.15) is 11.2 Å². The molecule has 170 valence electrons. The van der Waals surface area contributed by atoms with Gasteiger partial charge in [0.25, 0.3) is 0 Å². The molecule has 0 saturated heterocycles. The highest BCUT2D eigenvalue weighted by molar-refractivity contribution is 5.69. The number of carbonyl (C=O) groups is 2. The van der Waals surface area contributed by atoms with Crippen LogP contribution in [-0.2, 0) is 9.47 Å². The third-order valence-electron chi connectivity index (χ3n) is 4.74. The van der Waals surface area contributed by atoms with E-state index in [-0.39, 0.29) is 24.8 Å². The van der Waals surface area contributed by atoms with Crippen molar-refractivity contribution in [2.45, 2.75) is 104 Å². The standard InChI is InChI=1S/C22H42N2O5/c1-21(2,3)28-19(26)23(14-10-11-17-25)15-16-24(18-12-8-7-9-13-18)20(27)29-22(4,5)6/h18,25H,7-17H2,1-6H3. The summed E-state index contributed by atoms with van der Waals surface area (Å²) in [7, 11) is 0. The average Bonchev–Trinajstić information content (AvgIpc) is 2.58. The molecule has 7 nitrogen and oxygen atoms in total. The summed E-state index contributed by atoms with van der Waals surface area (Å²) in [6.45, 7) is 12.5. The van der Waals surface area contributed by atoms with Gasteiger partial charge in [0.15, 0.2) is 0 Å². The van der Waals surface area contributed by atoms with Crippen molar-refractivity contribution in [1.82, 2.24) is 9.80 Å². The lowest BCUT2D eigenvalue weighted by molar-refractivity contribution is 0.00357. The van der Waals surface area contributed by atoms with Crippen LogP contribution in [0, 0.1) is 0 Å². The number of hydrogen-bond acceptors (Lipinski definition) is 5. The predicted octanol–water partition coefficient (Wildman–Crippen LogP) is 4.57. The number of unbranched alkanes of at least 4 members (excludes halogenated alkanes) is 1. The zero-order valence-electron chi connectivity index (χ0n) is 19.3. The molecule has 2 amide bonds. The highest BCUT2D eigenvalue weighted by Gasteiger charge is 2.30. The van der Waals surface area contributed by atoms with Crippen LogP contribution in [0.25, 0.3) is 0 Å². The smallest absolute Gasteiger partial charge is 0.410 e. The minimum atomic E-state index is -0.583. The van der Waals surface area contributed by atoms with Gasteiger partial charge in [-0.15, -0.1) is 0 Å². The lowest BCUT2D eigenvalue weighted by atomic mass is 9.94. The highest BCUT2D eigenvalue weighted by atomic mass is 16.6. The maximum absolute atomic E-state index is 12.9. The number of ether oxygens (including phenoxy) is 2. The molecule has 1 aliphatic rings. The first-order valence-electron chi connectivity index (χ1n) is 11.0. The Morgan fingerprint density at radius 2 is 1.38 bits per heavy atom. The van der Waals surface area contributed by atoms with Gasteiger partial charge < -0.3 is 24.4 Å². The molecule has 1 fully saturated rings. The van der Waals surface area contributed by atoms with Gasteiger partial charge in [0.05, 0.1) is 0 Å². The van der Waals surface area contributed by atoms with Crippen molar-refractivity contribution in [2.24, 2.45) is 0 Å². The van der Waals surface area contributed by atoms with E-state index in [0.717, 1.165) is 25.7 Å². The van der Waals surface area contributed by atoms with Crippen molar-refractivity contribution in [3.8, 4) is 0 Å². The summed E-state index contributed by atoms with van der Waals surface area (Å²) >= 11 is 0. The van der Waals surface area contributed by atoms with Gasteiger partial charge in [-0.3, -0.25) is 0 Å². The maximum Gasteiger partial charge on any atom is 0.410 e. The van der Waals surface area contributed by atoms with Crippen LogP contribution in [0.3, 0.4) is 0 Å². The minimum absolute atomic E-state index is 0.0915. The zero-order chi connectivity index (χ0) is 22.1. The summed E-state index contributed by atoms with van der Waals surface area (Å²) in [5, 5.41) is 9.07. The molecule has 0 heterocycles. The molecular formula is C22H42N2O5. The van der Waals surface area contributed by atoms with E-state index in [2.05, 4.69) is 0 Å². The Morgan fingerprint density at radius 3 is 1.90 bits per heavy atom. The lowest BCUT2D eigenvalue weighted by Gasteiger charge is -2.37. The summed E-state index contributed by atoms with van der Waals surface area (Å²) in [5.41, 5.74) is -1.14. The highest BCUT2D eigenvalue weighted by Crippen LogP contribution is 2.24. The van der Waals surface area contributed by atoms with E-state index in [1.54, 1.807) is 9.80 Å². The SMILES string of the molecule is CC(C)(C)OC(=O)N(CCCCO)CCN(C(=O)OC(C)(C)C)C1CCCCC1. The molecule has 0 spiro atoms. The number of amides is 2. The number of nitrogens with zero attached hydrogens (tertiary/aromatic N) is 2. The number of hydrogen-bond donors (Lipinski definition) is 1. The lowest BCUT2D eigenvalue weighted by Crippen LogP contribution is -2.49. The fraction of sp³-hybridized carbons (Fsp3) is 0.909. The van der Waals surface area contributed by atoms with Crippen LogP contribution in [0.5, 0.6) is 0 Å². The normalized spacial score (nSPS) is 15.7. The summed E-state index contributed by atoms with van der Waals surface area (Å²) < 4.78 is 11.2. The molecule has 0 atom stereocenters. The molecule has 1 aliphatic carbocycles. The van der Waals surface area contributed by atoms with Crippen LogP contribution < -0.4 is 0 Å². The molecule has 0 unspecified atom stereocenters. The Bertz CT molecular complexity index is 504. The van der Waals surface area contributed by atoms with E-state index in [9.17, 15) is 9.59 Å². The van der Waals surface area contributed by atoms with E-state index in [4.69, 9.17) is 14.6 Å². The summed E-state index contributed by atoms with van der Waals surface area (Å²) in [6, 6.07) is 0.150. The van der Waals surface area contributed by atoms with Gasteiger partial charge in [0, 0.05) is 32.3 Å². The number of aliphatic hydroxyl groups excluding tert-OH is 1. The summed E-state index contributed by atoms with van der Waals surface area (Å²) in [4.78, 5) is 29.0. The van der Waals surface area contributed by atoms with Crippen LogP contribution >= 0.6 is 0 Å². The van der Waals surface area contributed by atoms with Gasteiger partial charge >= 0.3 is 12.2 Å². The van der Waals surface area contributed by atoms with Crippen LogP contribution in [0.2, 0.25) is 0 Å². The third kappa shape index (κ3) is 10.7. The second-order valence-corrected chi connectivity index (χ2v) is 9.86. The number of rotatable bonds is 8. The molecule has 0 radical (unpaired) electrons. The van der Waals surface area contributed by atoms with E-state index >= 15 is 0 Å². The molecule has 0 bridgehead atoms. The van der Waals surface area contributed by atoms with Gasteiger partial charge in [-0.25, -0.2) is 9.59 Å². The topological polar surface area (TPSA) is 79.3 Å². The molecule has 0 aromatic carbocycles. The first-order chi connectivity index (χ1) is 13.4. The Hall–Kier alpha value is -1.50. The van der Waals surface area contributed by atoms with Gasteiger partial charge in [-0.1, -0.05) is 19.3 Å². The first kappa shape index (κ1) is 25.5. The van der Waals surface area contributed by atoms with E-state index < -0.39 is 11.2 Å². The van der Waals surface area contributed by atoms with Crippen molar-refractivity contribution in [3.05, 3.63) is 0 Å². The van der Waals surface area contributed by atoms with E-state index in [1.807, 2.05) is 41.5 Å². The maximum atomic E-state index is 12.9. The second-order valence-electron chi connectivity index (χ2n) is 9.86. The number of aliphatic hydroxyl groups is 1. The Morgan fingerprint density at radius 1 is 0.828 bits per heavy atom.